The molecule has 1 fully saturated rings. The number of nitrogens with one attached hydrogen (secondary N) is 2. The quantitative estimate of drug-likeness (QED) is 0.703. The monoisotopic (exact) mass is 238 g/mol. The Hall–Kier alpha value is -1.46. The van der Waals surface area contributed by atoms with Gasteiger partial charge in [0.15, 0.2) is 0 Å². The number of benzene rings is 1. The summed E-state index contributed by atoms with van der Waals surface area (Å²) in [7, 11) is 0. The second-order valence-corrected chi connectivity index (χ2v) is 4.16. The standard InChI is InChI=1S/C12H15FN2O2/c13-10-4-2-1-3-8(10)6-15-12(17)11-5-9(16)7-14-11/h1-4,9,11,14,16H,5-7H2,(H,15,17)/t9-,11+/m0/s1. The minimum atomic E-state index is -0.473. The predicted molar refractivity (Wildman–Crippen MR) is 60.7 cm³/mol. The van der Waals surface area contributed by atoms with Gasteiger partial charge in [0.2, 0.25) is 5.91 Å². The van der Waals surface area contributed by atoms with Crippen molar-refractivity contribution in [1.29, 1.82) is 0 Å². The average Bonchev–Trinajstić information content (AvgIpc) is 2.74. The number of halogens is 1. The van der Waals surface area contributed by atoms with Crippen LogP contribution in [-0.2, 0) is 11.3 Å². The highest BCUT2D eigenvalue weighted by atomic mass is 19.1. The summed E-state index contributed by atoms with van der Waals surface area (Å²) in [5.41, 5.74) is 0.458. The van der Waals surface area contributed by atoms with Gasteiger partial charge in [-0.25, -0.2) is 4.39 Å². The van der Waals surface area contributed by atoms with Crippen LogP contribution in [0.2, 0.25) is 0 Å². The molecule has 1 heterocycles. The Balaban J connectivity index is 1.86. The molecule has 0 unspecified atom stereocenters. The normalized spacial score (nSPS) is 23.6. The van der Waals surface area contributed by atoms with Gasteiger partial charge in [0.25, 0.3) is 0 Å². The summed E-state index contributed by atoms with van der Waals surface area (Å²) in [5.74, 6) is -0.531. The van der Waals surface area contributed by atoms with Gasteiger partial charge in [-0.1, -0.05) is 18.2 Å². The maximum absolute atomic E-state index is 13.3. The summed E-state index contributed by atoms with van der Waals surface area (Å²) in [5, 5.41) is 14.8. The molecule has 5 heteroatoms. The molecule has 3 N–H and O–H groups in total. The summed E-state index contributed by atoms with van der Waals surface area (Å²) < 4.78 is 13.3. The summed E-state index contributed by atoms with van der Waals surface area (Å²) in [6.07, 6.45) is -0.0671. The summed E-state index contributed by atoms with van der Waals surface area (Å²) in [4.78, 5) is 11.7. The molecule has 1 aliphatic heterocycles. The molecule has 1 aliphatic rings. The van der Waals surface area contributed by atoms with Crippen molar-refractivity contribution in [2.24, 2.45) is 0 Å². The van der Waals surface area contributed by atoms with E-state index in [4.69, 9.17) is 0 Å². The van der Waals surface area contributed by atoms with Crippen molar-refractivity contribution >= 4 is 5.91 Å². The first-order chi connectivity index (χ1) is 8.16. The van der Waals surface area contributed by atoms with Crippen molar-refractivity contribution in [2.45, 2.75) is 25.1 Å². The first-order valence-corrected chi connectivity index (χ1v) is 5.59. The molecule has 17 heavy (non-hydrogen) atoms. The zero-order valence-electron chi connectivity index (χ0n) is 9.32. The smallest absolute Gasteiger partial charge is 0.237 e. The van der Waals surface area contributed by atoms with Crippen molar-refractivity contribution in [3.8, 4) is 0 Å². The van der Waals surface area contributed by atoms with Crippen molar-refractivity contribution in [2.75, 3.05) is 6.54 Å². The van der Waals surface area contributed by atoms with Gasteiger partial charge in [-0.15, -0.1) is 0 Å². The highest BCUT2D eigenvalue weighted by molar-refractivity contribution is 5.82. The molecule has 92 valence electrons. The Kier molecular flexibility index (Phi) is 3.71. The van der Waals surface area contributed by atoms with Gasteiger partial charge in [-0.2, -0.15) is 0 Å². The molecule has 0 aromatic heterocycles. The highest BCUT2D eigenvalue weighted by Crippen LogP contribution is 2.08. The lowest BCUT2D eigenvalue weighted by Gasteiger charge is -2.11. The third kappa shape index (κ3) is 3.01. The van der Waals surface area contributed by atoms with Gasteiger partial charge in [-0.3, -0.25) is 4.79 Å². The van der Waals surface area contributed by atoms with Crippen LogP contribution >= 0.6 is 0 Å². The van der Waals surface area contributed by atoms with Crippen molar-refractivity contribution in [3.63, 3.8) is 0 Å². The van der Waals surface area contributed by atoms with Crippen LogP contribution in [0.1, 0.15) is 12.0 Å². The molecular weight excluding hydrogens is 223 g/mol. The van der Waals surface area contributed by atoms with Gasteiger partial charge < -0.3 is 15.7 Å². The number of aliphatic hydroxyl groups excluding tert-OH is 1. The lowest BCUT2D eigenvalue weighted by atomic mass is 10.1. The molecule has 0 spiro atoms. The third-order valence-electron chi connectivity index (χ3n) is 2.84. The Morgan fingerprint density at radius 3 is 2.94 bits per heavy atom. The van der Waals surface area contributed by atoms with Gasteiger partial charge in [0.1, 0.15) is 5.82 Å². The SMILES string of the molecule is O=C(NCc1ccccc1F)[C@H]1C[C@H](O)CN1. The Bertz CT molecular complexity index is 411. The van der Waals surface area contributed by atoms with Crippen LogP contribution in [0.25, 0.3) is 0 Å². The molecule has 1 aromatic carbocycles. The van der Waals surface area contributed by atoms with E-state index in [2.05, 4.69) is 10.6 Å². The van der Waals surface area contributed by atoms with Crippen LogP contribution in [0.3, 0.4) is 0 Å². The third-order valence-corrected chi connectivity index (χ3v) is 2.84. The molecule has 4 nitrogen and oxygen atoms in total. The van der Waals surface area contributed by atoms with Crippen LogP contribution in [0.4, 0.5) is 4.39 Å². The molecule has 0 aliphatic carbocycles. The zero-order chi connectivity index (χ0) is 12.3. The van der Waals surface area contributed by atoms with Gasteiger partial charge in [-0.05, 0) is 12.5 Å². The average molecular weight is 238 g/mol. The van der Waals surface area contributed by atoms with Crippen LogP contribution in [0.15, 0.2) is 24.3 Å². The van der Waals surface area contributed by atoms with Crippen LogP contribution in [0.5, 0.6) is 0 Å². The van der Waals surface area contributed by atoms with Gasteiger partial charge in [0, 0.05) is 18.7 Å². The first-order valence-electron chi connectivity index (χ1n) is 5.59. The van der Waals surface area contributed by atoms with Gasteiger partial charge in [0.05, 0.1) is 12.1 Å². The maximum Gasteiger partial charge on any atom is 0.237 e. The number of carbonyl (C=O) groups excluding carboxylic acids is 1. The largest absolute Gasteiger partial charge is 0.392 e. The molecule has 1 amide bonds. The van der Waals surface area contributed by atoms with E-state index in [1.807, 2.05) is 0 Å². The van der Waals surface area contributed by atoms with E-state index in [-0.39, 0.29) is 24.3 Å². The van der Waals surface area contributed by atoms with Crippen molar-refractivity contribution < 1.29 is 14.3 Å². The fourth-order valence-corrected chi connectivity index (χ4v) is 1.86. The fraction of sp³-hybridized carbons (Fsp3) is 0.417. The molecular formula is C12H15FN2O2. The van der Waals surface area contributed by atoms with E-state index >= 15 is 0 Å². The zero-order valence-corrected chi connectivity index (χ0v) is 9.32. The Labute approximate surface area is 98.8 Å². The molecule has 0 radical (unpaired) electrons. The van der Waals surface area contributed by atoms with E-state index in [0.717, 1.165) is 0 Å². The molecule has 2 atom stereocenters. The molecule has 1 saturated heterocycles. The van der Waals surface area contributed by atoms with E-state index < -0.39 is 6.10 Å². The number of amides is 1. The first kappa shape index (κ1) is 12.0. The van der Waals surface area contributed by atoms with Crippen molar-refractivity contribution in [1.82, 2.24) is 10.6 Å². The number of aliphatic hydroxyl groups is 1. The molecule has 0 bridgehead atoms. The molecule has 2 rings (SSSR count). The molecule has 0 saturated carbocycles. The Morgan fingerprint density at radius 2 is 2.29 bits per heavy atom. The maximum atomic E-state index is 13.3. The second-order valence-electron chi connectivity index (χ2n) is 4.16. The number of hydrogen-bond acceptors (Lipinski definition) is 3. The second kappa shape index (κ2) is 5.25. The lowest BCUT2D eigenvalue weighted by Crippen LogP contribution is -2.40. The van der Waals surface area contributed by atoms with Crippen molar-refractivity contribution in [3.05, 3.63) is 35.6 Å². The van der Waals surface area contributed by atoms with Crippen LogP contribution in [0, 0.1) is 5.82 Å². The lowest BCUT2D eigenvalue weighted by molar-refractivity contribution is -0.123. The minimum absolute atomic E-state index is 0.166. The fourth-order valence-electron chi connectivity index (χ4n) is 1.86. The topological polar surface area (TPSA) is 61.4 Å². The summed E-state index contributed by atoms with van der Waals surface area (Å²) in [6, 6.07) is 5.94. The van der Waals surface area contributed by atoms with Crippen LogP contribution < -0.4 is 10.6 Å². The van der Waals surface area contributed by atoms with E-state index in [1.54, 1.807) is 18.2 Å². The van der Waals surface area contributed by atoms with E-state index in [0.29, 0.717) is 18.5 Å². The number of carbonyl (C=O) groups is 1. The molecule has 1 aromatic rings. The number of hydrogen-bond donors (Lipinski definition) is 3. The summed E-state index contributed by atoms with van der Waals surface area (Å²) >= 11 is 0. The minimum Gasteiger partial charge on any atom is -0.392 e. The van der Waals surface area contributed by atoms with Crippen LogP contribution in [-0.4, -0.2) is 29.7 Å². The van der Waals surface area contributed by atoms with Gasteiger partial charge >= 0.3 is 0 Å². The number of rotatable bonds is 3. The van der Waals surface area contributed by atoms with E-state index in [1.165, 1.54) is 6.07 Å². The predicted octanol–water partition coefficient (Wildman–Crippen LogP) is 0.165. The summed E-state index contributed by atoms with van der Waals surface area (Å²) in [6.45, 7) is 0.595. The Morgan fingerprint density at radius 1 is 1.53 bits per heavy atom. The van der Waals surface area contributed by atoms with E-state index in [9.17, 15) is 14.3 Å². The number of β-amino-alcohol motifs (C(OH)–C–C–N with tert-alkyl or cyclic N) is 1. The highest BCUT2D eigenvalue weighted by Gasteiger charge is 2.27.